The van der Waals surface area contributed by atoms with Crippen molar-refractivity contribution in [3.63, 3.8) is 0 Å². The van der Waals surface area contributed by atoms with Crippen LogP contribution < -0.4 is 10.1 Å². The molecule has 1 aromatic carbocycles. The van der Waals surface area contributed by atoms with Gasteiger partial charge in [0.05, 0.1) is 32.4 Å². The summed E-state index contributed by atoms with van der Waals surface area (Å²) in [4.78, 5) is 26.6. The molecular weight excluding hydrogens is 308 g/mol. The van der Waals surface area contributed by atoms with Crippen molar-refractivity contribution in [2.45, 2.75) is 37.8 Å². The fourth-order valence-electron chi connectivity index (χ4n) is 3.51. The van der Waals surface area contributed by atoms with Crippen LogP contribution in [0, 0.1) is 0 Å². The second-order valence-corrected chi connectivity index (χ2v) is 6.26. The number of benzene rings is 1. The number of carbonyl (C=O) groups excluding carboxylic acids is 2. The molecule has 2 aliphatic rings. The molecule has 0 unspecified atom stereocenters. The van der Waals surface area contributed by atoms with Crippen molar-refractivity contribution >= 4 is 11.8 Å². The number of morpholine rings is 1. The topological polar surface area (TPSA) is 67.9 Å². The minimum atomic E-state index is -0.251. The van der Waals surface area contributed by atoms with E-state index in [1.807, 2.05) is 4.90 Å². The lowest BCUT2D eigenvalue weighted by molar-refractivity contribution is -0.148. The summed E-state index contributed by atoms with van der Waals surface area (Å²) in [5.41, 5.74) is 0.515. The molecule has 24 heavy (non-hydrogen) atoms. The number of fused-ring (bicyclic) bond motifs is 1. The molecule has 3 rings (SSSR count). The predicted molar refractivity (Wildman–Crippen MR) is 89.0 cm³/mol. The van der Waals surface area contributed by atoms with Gasteiger partial charge in [0.15, 0.2) is 0 Å². The summed E-state index contributed by atoms with van der Waals surface area (Å²) >= 11 is 0. The zero-order chi connectivity index (χ0) is 16.9. The van der Waals surface area contributed by atoms with Gasteiger partial charge in [-0.3, -0.25) is 9.59 Å². The van der Waals surface area contributed by atoms with Crippen LogP contribution in [0.3, 0.4) is 0 Å². The number of hydrogen-bond acceptors (Lipinski definition) is 4. The second-order valence-electron chi connectivity index (χ2n) is 6.26. The third-order valence-electron chi connectivity index (χ3n) is 4.80. The average Bonchev–Trinajstić information content (AvgIpc) is 2.65. The van der Waals surface area contributed by atoms with E-state index < -0.39 is 0 Å². The molecule has 130 valence electrons. The van der Waals surface area contributed by atoms with Crippen LogP contribution in [0.25, 0.3) is 0 Å². The smallest absolute Gasteiger partial charge is 0.251 e. The maximum absolute atomic E-state index is 12.5. The van der Waals surface area contributed by atoms with Crippen molar-refractivity contribution in [1.82, 2.24) is 10.2 Å². The largest absolute Gasteiger partial charge is 0.497 e. The number of nitrogens with zero attached hydrogens (tertiary/aromatic N) is 1. The summed E-state index contributed by atoms with van der Waals surface area (Å²) < 4.78 is 10.9. The Kier molecular flexibility index (Phi) is 5.35. The highest BCUT2D eigenvalue weighted by Crippen LogP contribution is 2.28. The first-order valence-electron chi connectivity index (χ1n) is 8.52. The summed E-state index contributed by atoms with van der Waals surface area (Å²) in [6.07, 6.45) is 4.47. The highest BCUT2D eigenvalue weighted by atomic mass is 16.5. The van der Waals surface area contributed by atoms with Gasteiger partial charge in [-0.2, -0.15) is 0 Å². The van der Waals surface area contributed by atoms with Gasteiger partial charge >= 0.3 is 0 Å². The zero-order valence-electron chi connectivity index (χ0n) is 14.0. The predicted octanol–water partition coefficient (Wildman–Crippen LogP) is 1.59. The van der Waals surface area contributed by atoms with Gasteiger partial charge in [0.25, 0.3) is 5.91 Å². The maximum atomic E-state index is 12.5. The molecule has 1 heterocycles. The molecule has 1 aliphatic heterocycles. The van der Waals surface area contributed by atoms with Gasteiger partial charge in [0.1, 0.15) is 5.75 Å². The van der Waals surface area contributed by atoms with Gasteiger partial charge in [0, 0.05) is 12.1 Å². The highest BCUT2D eigenvalue weighted by Gasteiger charge is 2.36. The van der Waals surface area contributed by atoms with Crippen LogP contribution in [0.1, 0.15) is 36.0 Å². The first-order chi connectivity index (χ1) is 11.7. The Hall–Kier alpha value is -2.08. The van der Waals surface area contributed by atoms with Gasteiger partial charge in [-0.15, -0.1) is 0 Å². The van der Waals surface area contributed by atoms with Gasteiger partial charge in [-0.1, -0.05) is 12.8 Å². The van der Waals surface area contributed by atoms with E-state index in [1.54, 1.807) is 31.4 Å². The normalized spacial score (nSPS) is 23.3. The third kappa shape index (κ3) is 3.70. The quantitative estimate of drug-likeness (QED) is 0.909. The van der Waals surface area contributed by atoms with E-state index >= 15 is 0 Å². The molecule has 0 aromatic heterocycles. The molecule has 6 heteroatoms. The van der Waals surface area contributed by atoms with Crippen molar-refractivity contribution in [2.75, 3.05) is 26.8 Å². The third-order valence-corrected chi connectivity index (χ3v) is 4.80. The molecule has 0 spiro atoms. The summed E-state index contributed by atoms with van der Waals surface area (Å²) in [6, 6.07) is 6.99. The molecule has 0 radical (unpaired) electrons. The van der Waals surface area contributed by atoms with Crippen molar-refractivity contribution < 1.29 is 19.1 Å². The molecule has 1 N–H and O–H groups in total. The van der Waals surface area contributed by atoms with E-state index in [9.17, 15) is 9.59 Å². The lowest BCUT2D eigenvalue weighted by Crippen LogP contribution is -2.56. The molecule has 2 fully saturated rings. The lowest BCUT2D eigenvalue weighted by Gasteiger charge is -2.43. The number of nitrogens with one attached hydrogen (secondary N) is 1. The molecule has 2 amide bonds. The van der Waals surface area contributed by atoms with Crippen molar-refractivity contribution in [1.29, 1.82) is 0 Å². The Balaban J connectivity index is 1.55. The van der Waals surface area contributed by atoms with E-state index in [0.29, 0.717) is 24.5 Å². The Labute approximate surface area is 142 Å². The maximum Gasteiger partial charge on any atom is 0.251 e. The molecule has 1 aliphatic carbocycles. The van der Waals surface area contributed by atoms with Gasteiger partial charge in [0.2, 0.25) is 5.91 Å². The van der Waals surface area contributed by atoms with Crippen LogP contribution in [0.15, 0.2) is 24.3 Å². The van der Waals surface area contributed by atoms with E-state index in [2.05, 4.69) is 5.32 Å². The fraction of sp³-hybridized carbons (Fsp3) is 0.556. The van der Waals surface area contributed by atoms with E-state index in [-0.39, 0.29) is 30.5 Å². The minimum absolute atomic E-state index is 0.0219. The van der Waals surface area contributed by atoms with Crippen molar-refractivity contribution in [3.8, 4) is 5.75 Å². The summed E-state index contributed by atoms with van der Waals surface area (Å²) in [7, 11) is 1.58. The Morgan fingerprint density at radius 1 is 1.25 bits per heavy atom. The molecule has 1 saturated heterocycles. The average molecular weight is 332 g/mol. The molecule has 1 saturated carbocycles. The van der Waals surface area contributed by atoms with E-state index in [4.69, 9.17) is 9.47 Å². The minimum Gasteiger partial charge on any atom is -0.497 e. The van der Waals surface area contributed by atoms with Gasteiger partial charge in [-0.05, 0) is 37.1 Å². The van der Waals surface area contributed by atoms with Crippen molar-refractivity contribution in [2.24, 2.45) is 0 Å². The number of methoxy groups -OCH3 is 1. The SMILES string of the molecule is COc1ccc(C(=O)NCC(=O)N2CCO[C@@H]3CCCC[C@@H]32)cc1. The fourth-order valence-corrected chi connectivity index (χ4v) is 3.51. The summed E-state index contributed by atoms with van der Waals surface area (Å²) in [5.74, 6) is 0.413. The number of rotatable bonds is 4. The lowest BCUT2D eigenvalue weighted by atomic mass is 9.90. The zero-order valence-corrected chi connectivity index (χ0v) is 14.0. The van der Waals surface area contributed by atoms with Crippen LogP contribution in [0.4, 0.5) is 0 Å². The van der Waals surface area contributed by atoms with Crippen LogP contribution in [0.5, 0.6) is 5.75 Å². The highest BCUT2D eigenvalue weighted by molar-refractivity contribution is 5.96. The monoisotopic (exact) mass is 332 g/mol. The Morgan fingerprint density at radius 2 is 2.00 bits per heavy atom. The standard InChI is InChI=1S/C18H24N2O4/c1-23-14-8-6-13(7-9-14)18(22)19-12-17(21)20-10-11-24-16-5-3-2-4-15(16)20/h6-9,15-16H,2-5,10-12H2,1H3,(H,19,22)/t15-,16+/m0/s1. The molecule has 2 atom stereocenters. The van der Waals surface area contributed by atoms with Crippen LogP contribution >= 0.6 is 0 Å². The Morgan fingerprint density at radius 3 is 2.75 bits per heavy atom. The number of ether oxygens (including phenoxy) is 2. The second kappa shape index (κ2) is 7.66. The first-order valence-corrected chi connectivity index (χ1v) is 8.52. The summed E-state index contributed by atoms with van der Waals surface area (Å²) in [5, 5.41) is 2.72. The number of hydrogen-bond donors (Lipinski definition) is 1. The molecule has 6 nitrogen and oxygen atoms in total. The molecule has 0 bridgehead atoms. The summed E-state index contributed by atoms with van der Waals surface area (Å²) in [6.45, 7) is 1.21. The van der Waals surface area contributed by atoms with Crippen molar-refractivity contribution in [3.05, 3.63) is 29.8 Å². The van der Waals surface area contributed by atoms with Crippen LogP contribution in [-0.2, 0) is 9.53 Å². The van der Waals surface area contributed by atoms with Gasteiger partial charge < -0.3 is 19.7 Å². The van der Waals surface area contributed by atoms with E-state index in [1.165, 1.54) is 0 Å². The first kappa shape index (κ1) is 16.8. The number of carbonyl (C=O) groups is 2. The molecular formula is C18H24N2O4. The van der Waals surface area contributed by atoms with E-state index in [0.717, 1.165) is 25.7 Å². The Bertz CT molecular complexity index is 585. The van der Waals surface area contributed by atoms with Crippen LogP contribution in [0.2, 0.25) is 0 Å². The molecule has 1 aromatic rings. The van der Waals surface area contributed by atoms with Crippen LogP contribution in [-0.4, -0.2) is 55.7 Å². The van der Waals surface area contributed by atoms with Gasteiger partial charge in [-0.25, -0.2) is 0 Å². The number of amides is 2.